The van der Waals surface area contributed by atoms with Crippen LogP contribution in [0.1, 0.15) is 13.3 Å². The van der Waals surface area contributed by atoms with Crippen molar-refractivity contribution in [2.24, 2.45) is 0 Å². The molecule has 0 atom stereocenters. The minimum atomic E-state index is 0.696. The number of fused-ring (bicyclic) bond motifs is 1. The molecule has 4 nitrogen and oxygen atoms in total. The van der Waals surface area contributed by atoms with E-state index in [1.54, 1.807) is 17.8 Å². The molecule has 17 heavy (non-hydrogen) atoms. The Morgan fingerprint density at radius 2 is 2.35 bits per heavy atom. The Labute approximate surface area is 105 Å². The molecule has 0 fully saturated rings. The second-order valence-corrected chi connectivity index (χ2v) is 4.65. The zero-order chi connectivity index (χ0) is 12.1. The van der Waals surface area contributed by atoms with Crippen LogP contribution in [-0.4, -0.2) is 24.0 Å². The Morgan fingerprint density at radius 1 is 1.47 bits per heavy atom. The van der Waals surface area contributed by atoms with Gasteiger partial charge in [-0.15, -0.1) is 0 Å². The molecule has 1 heterocycles. The number of nitrogens with two attached hydrogens (primary N) is 1. The molecule has 0 radical (unpaired) electrons. The van der Waals surface area contributed by atoms with Gasteiger partial charge in [0.05, 0.1) is 0 Å². The average molecular weight is 252 g/mol. The van der Waals surface area contributed by atoms with Crippen LogP contribution in [0.4, 0.5) is 5.69 Å². The summed E-state index contributed by atoms with van der Waals surface area (Å²) in [5.74, 6) is 0.947. The predicted octanol–water partition coefficient (Wildman–Crippen LogP) is 2.93. The molecular weight excluding hydrogens is 236 g/mol. The quantitative estimate of drug-likeness (QED) is 0.486. The van der Waals surface area contributed by atoms with E-state index in [2.05, 4.69) is 4.98 Å². The molecule has 0 aliphatic carbocycles. The summed E-state index contributed by atoms with van der Waals surface area (Å²) in [5.41, 5.74) is 7.97. The van der Waals surface area contributed by atoms with Gasteiger partial charge in [-0.05, 0) is 25.5 Å². The van der Waals surface area contributed by atoms with Gasteiger partial charge in [0, 0.05) is 30.7 Å². The topological polar surface area (TPSA) is 61.3 Å². The summed E-state index contributed by atoms with van der Waals surface area (Å²) in [6.45, 7) is 3.56. The van der Waals surface area contributed by atoms with Crippen molar-refractivity contribution >= 4 is 28.5 Å². The van der Waals surface area contributed by atoms with E-state index in [1.165, 1.54) is 0 Å². The first-order valence-corrected chi connectivity index (χ1v) is 6.65. The SMILES string of the molecule is CCOCCCSc1nc2ccc(N)cc2o1. The minimum absolute atomic E-state index is 0.696. The second kappa shape index (κ2) is 5.93. The number of rotatable bonds is 6. The Kier molecular flexibility index (Phi) is 4.28. The molecule has 1 aromatic carbocycles. The van der Waals surface area contributed by atoms with Gasteiger partial charge in [-0.1, -0.05) is 11.8 Å². The fourth-order valence-corrected chi connectivity index (χ4v) is 2.20. The van der Waals surface area contributed by atoms with Crippen molar-refractivity contribution in [1.82, 2.24) is 4.98 Å². The van der Waals surface area contributed by atoms with Crippen molar-refractivity contribution in [3.8, 4) is 0 Å². The number of thioether (sulfide) groups is 1. The van der Waals surface area contributed by atoms with E-state index in [9.17, 15) is 0 Å². The van der Waals surface area contributed by atoms with Crippen molar-refractivity contribution in [3.63, 3.8) is 0 Å². The molecule has 0 spiro atoms. The molecule has 92 valence electrons. The lowest BCUT2D eigenvalue weighted by Crippen LogP contribution is -1.94. The lowest BCUT2D eigenvalue weighted by molar-refractivity contribution is 0.149. The van der Waals surface area contributed by atoms with Crippen molar-refractivity contribution in [2.45, 2.75) is 18.6 Å². The third kappa shape index (κ3) is 3.38. The van der Waals surface area contributed by atoms with Gasteiger partial charge in [0.25, 0.3) is 5.22 Å². The summed E-state index contributed by atoms with van der Waals surface area (Å²) >= 11 is 1.60. The standard InChI is InChI=1S/C12H16N2O2S/c1-2-15-6-3-7-17-12-14-10-5-4-9(13)8-11(10)16-12/h4-5,8H,2-3,6-7,13H2,1H3. The van der Waals surface area contributed by atoms with E-state index < -0.39 is 0 Å². The van der Waals surface area contributed by atoms with Crippen molar-refractivity contribution in [3.05, 3.63) is 18.2 Å². The highest BCUT2D eigenvalue weighted by Crippen LogP contribution is 2.25. The molecule has 1 aromatic heterocycles. The maximum Gasteiger partial charge on any atom is 0.256 e. The summed E-state index contributed by atoms with van der Waals surface area (Å²) < 4.78 is 10.9. The van der Waals surface area contributed by atoms with Gasteiger partial charge >= 0.3 is 0 Å². The molecule has 0 amide bonds. The molecule has 0 unspecified atom stereocenters. The van der Waals surface area contributed by atoms with Gasteiger partial charge in [-0.25, -0.2) is 4.98 Å². The van der Waals surface area contributed by atoms with Crippen LogP contribution in [-0.2, 0) is 4.74 Å². The van der Waals surface area contributed by atoms with Crippen LogP contribution in [0.25, 0.3) is 11.1 Å². The van der Waals surface area contributed by atoms with Crippen molar-refractivity contribution in [2.75, 3.05) is 24.7 Å². The molecule has 5 heteroatoms. The van der Waals surface area contributed by atoms with Crippen LogP contribution < -0.4 is 5.73 Å². The zero-order valence-corrected chi connectivity index (χ0v) is 10.6. The third-order valence-corrected chi connectivity index (χ3v) is 3.17. The zero-order valence-electron chi connectivity index (χ0n) is 9.81. The van der Waals surface area contributed by atoms with Gasteiger partial charge in [-0.3, -0.25) is 0 Å². The highest BCUT2D eigenvalue weighted by Gasteiger charge is 2.06. The van der Waals surface area contributed by atoms with E-state index in [0.717, 1.165) is 36.5 Å². The van der Waals surface area contributed by atoms with E-state index >= 15 is 0 Å². The Balaban J connectivity index is 1.91. The highest BCUT2D eigenvalue weighted by molar-refractivity contribution is 7.99. The molecule has 2 aromatic rings. The number of benzene rings is 1. The number of hydrogen-bond donors (Lipinski definition) is 1. The molecule has 0 saturated carbocycles. The lowest BCUT2D eigenvalue weighted by atomic mass is 10.3. The van der Waals surface area contributed by atoms with Gasteiger partial charge < -0.3 is 14.9 Å². The number of hydrogen-bond acceptors (Lipinski definition) is 5. The fraction of sp³-hybridized carbons (Fsp3) is 0.417. The second-order valence-electron chi connectivity index (χ2n) is 3.61. The number of aromatic nitrogens is 1. The van der Waals surface area contributed by atoms with Gasteiger partial charge in [0.2, 0.25) is 0 Å². The summed E-state index contributed by atoms with van der Waals surface area (Å²) in [6.07, 6.45) is 0.999. The van der Waals surface area contributed by atoms with Crippen LogP contribution in [0.15, 0.2) is 27.8 Å². The monoisotopic (exact) mass is 252 g/mol. The smallest absolute Gasteiger partial charge is 0.256 e. The Bertz CT molecular complexity index is 484. The largest absolute Gasteiger partial charge is 0.431 e. The molecule has 0 bridgehead atoms. The first-order valence-electron chi connectivity index (χ1n) is 5.66. The number of ether oxygens (including phenoxy) is 1. The summed E-state index contributed by atoms with van der Waals surface area (Å²) in [7, 11) is 0. The maximum absolute atomic E-state index is 5.68. The molecular formula is C12H16N2O2S. The Hall–Kier alpha value is -1.20. The Morgan fingerprint density at radius 3 is 3.18 bits per heavy atom. The summed E-state index contributed by atoms with van der Waals surface area (Å²) in [6, 6.07) is 5.50. The predicted molar refractivity (Wildman–Crippen MR) is 70.3 cm³/mol. The number of nitrogens with zero attached hydrogens (tertiary/aromatic N) is 1. The van der Waals surface area contributed by atoms with Crippen LogP contribution in [0.5, 0.6) is 0 Å². The average Bonchev–Trinajstić information content (AvgIpc) is 2.70. The van der Waals surface area contributed by atoms with Crippen LogP contribution in [0.3, 0.4) is 0 Å². The molecule has 0 saturated heterocycles. The molecule has 2 rings (SSSR count). The van der Waals surface area contributed by atoms with Crippen LogP contribution in [0.2, 0.25) is 0 Å². The highest BCUT2D eigenvalue weighted by atomic mass is 32.2. The normalized spacial score (nSPS) is 11.1. The van der Waals surface area contributed by atoms with Crippen molar-refractivity contribution < 1.29 is 9.15 Å². The number of anilines is 1. The van der Waals surface area contributed by atoms with Gasteiger partial charge in [0.15, 0.2) is 5.58 Å². The summed E-state index contributed by atoms with van der Waals surface area (Å²) in [4.78, 5) is 4.37. The third-order valence-electron chi connectivity index (χ3n) is 2.26. The molecule has 0 aliphatic heterocycles. The van der Waals surface area contributed by atoms with E-state index in [1.807, 2.05) is 19.1 Å². The van der Waals surface area contributed by atoms with Crippen LogP contribution in [0, 0.1) is 0 Å². The van der Waals surface area contributed by atoms with E-state index in [4.69, 9.17) is 14.9 Å². The van der Waals surface area contributed by atoms with E-state index in [0.29, 0.717) is 10.9 Å². The van der Waals surface area contributed by atoms with Gasteiger partial charge in [0.1, 0.15) is 5.52 Å². The van der Waals surface area contributed by atoms with Crippen LogP contribution >= 0.6 is 11.8 Å². The van der Waals surface area contributed by atoms with Crippen molar-refractivity contribution in [1.29, 1.82) is 0 Å². The summed E-state index contributed by atoms with van der Waals surface area (Å²) in [5, 5.41) is 0.696. The maximum atomic E-state index is 5.68. The first-order chi connectivity index (χ1) is 8.29. The molecule has 2 N–H and O–H groups in total. The fourth-order valence-electron chi connectivity index (χ4n) is 1.45. The number of oxazole rings is 1. The van der Waals surface area contributed by atoms with Gasteiger partial charge in [-0.2, -0.15) is 0 Å². The molecule has 0 aliphatic rings. The first kappa shape index (κ1) is 12.3. The lowest BCUT2D eigenvalue weighted by Gasteiger charge is -1.98. The number of nitrogen functional groups attached to an aromatic ring is 1. The van der Waals surface area contributed by atoms with E-state index in [-0.39, 0.29) is 0 Å². The minimum Gasteiger partial charge on any atom is -0.431 e.